The zero-order valence-electron chi connectivity index (χ0n) is 8.33. The molecule has 0 amide bonds. The normalized spacial score (nSPS) is 36.9. The van der Waals surface area contributed by atoms with E-state index in [4.69, 9.17) is 20.9 Å². The third kappa shape index (κ3) is 2.14. The largest absolute Gasteiger partial charge is 0.426 e. The van der Waals surface area contributed by atoms with Gasteiger partial charge >= 0.3 is 11.9 Å². The summed E-state index contributed by atoms with van der Waals surface area (Å²) in [4.78, 5) is 22.3. The smallest absolute Gasteiger partial charge is 0.419 e. The Morgan fingerprint density at radius 1 is 0.938 bits per heavy atom. The van der Waals surface area contributed by atoms with Crippen LogP contribution in [-0.4, -0.2) is 49.8 Å². The molecule has 0 unspecified atom stereocenters. The molecule has 0 aromatic rings. The number of hydrogen-bond donors (Lipinski definition) is 2. The first kappa shape index (κ1) is 11.3. The first-order chi connectivity index (χ1) is 7.58. The molecule has 0 saturated carbocycles. The average Bonchev–Trinajstić information content (AvgIpc) is 2.28. The van der Waals surface area contributed by atoms with E-state index in [1.165, 1.54) is 0 Å². The Morgan fingerprint density at radius 2 is 1.31 bits per heavy atom. The van der Waals surface area contributed by atoms with Crippen molar-refractivity contribution in [2.75, 3.05) is 13.2 Å². The lowest BCUT2D eigenvalue weighted by Crippen LogP contribution is -2.56. The van der Waals surface area contributed by atoms with Crippen molar-refractivity contribution >= 4 is 11.9 Å². The predicted octanol–water partition coefficient (Wildman–Crippen LogP) is -2.56. The SMILES string of the molecule is N[C@@H]1CO[C@@H]1OC(=O)C(=O)O[C@H]1OC[C@H]1N. The number of ether oxygens (including phenoxy) is 4. The first-order valence-electron chi connectivity index (χ1n) is 4.74. The van der Waals surface area contributed by atoms with Crippen LogP contribution in [0.3, 0.4) is 0 Å². The maximum absolute atomic E-state index is 11.1. The van der Waals surface area contributed by atoms with Crippen LogP contribution < -0.4 is 11.5 Å². The number of carbonyl (C=O) groups is 2. The molecule has 90 valence electrons. The van der Waals surface area contributed by atoms with Crippen LogP contribution in [0.2, 0.25) is 0 Å². The second-order valence-corrected chi connectivity index (χ2v) is 3.54. The van der Waals surface area contributed by atoms with E-state index in [1.54, 1.807) is 0 Å². The topological polar surface area (TPSA) is 123 Å². The number of rotatable bonds is 2. The molecule has 4 atom stereocenters. The Labute approximate surface area is 90.7 Å². The minimum atomic E-state index is -1.16. The second kappa shape index (κ2) is 4.34. The molecule has 2 rings (SSSR count). The summed E-state index contributed by atoms with van der Waals surface area (Å²) in [5.74, 6) is -2.33. The van der Waals surface area contributed by atoms with Crippen molar-refractivity contribution in [2.45, 2.75) is 24.7 Å². The average molecular weight is 232 g/mol. The lowest BCUT2D eigenvalue weighted by Gasteiger charge is -2.34. The van der Waals surface area contributed by atoms with Gasteiger partial charge in [-0.1, -0.05) is 0 Å². The quantitative estimate of drug-likeness (QED) is 0.393. The molecule has 0 aromatic carbocycles. The number of carbonyl (C=O) groups excluding carboxylic acids is 2. The van der Waals surface area contributed by atoms with Crippen LogP contribution in [0.4, 0.5) is 0 Å². The van der Waals surface area contributed by atoms with E-state index in [1.807, 2.05) is 0 Å². The van der Waals surface area contributed by atoms with Crippen LogP contribution in [0.25, 0.3) is 0 Å². The molecule has 16 heavy (non-hydrogen) atoms. The van der Waals surface area contributed by atoms with Crippen molar-refractivity contribution in [2.24, 2.45) is 11.5 Å². The van der Waals surface area contributed by atoms with Crippen LogP contribution in [-0.2, 0) is 28.5 Å². The van der Waals surface area contributed by atoms with Crippen molar-refractivity contribution in [1.29, 1.82) is 0 Å². The summed E-state index contributed by atoms with van der Waals surface area (Å²) in [6.07, 6.45) is -1.76. The van der Waals surface area contributed by atoms with Crippen LogP contribution in [0, 0.1) is 0 Å². The highest BCUT2D eigenvalue weighted by atomic mass is 16.8. The Balaban J connectivity index is 1.73. The van der Waals surface area contributed by atoms with Gasteiger partial charge in [0, 0.05) is 0 Å². The zero-order valence-corrected chi connectivity index (χ0v) is 8.33. The molecular formula is C8H12N2O6. The molecule has 8 nitrogen and oxygen atoms in total. The summed E-state index contributed by atoms with van der Waals surface area (Å²) in [6, 6.07) is -0.807. The van der Waals surface area contributed by atoms with Gasteiger partial charge in [0.25, 0.3) is 0 Å². The first-order valence-corrected chi connectivity index (χ1v) is 4.74. The van der Waals surface area contributed by atoms with Gasteiger partial charge in [-0.25, -0.2) is 9.59 Å². The summed E-state index contributed by atoms with van der Waals surface area (Å²) >= 11 is 0. The van der Waals surface area contributed by atoms with Gasteiger partial charge in [0.2, 0.25) is 12.6 Å². The van der Waals surface area contributed by atoms with E-state index in [0.29, 0.717) is 13.2 Å². The van der Waals surface area contributed by atoms with Crippen molar-refractivity contribution < 1.29 is 28.5 Å². The maximum atomic E-state index is 11.1. The van der Waals surface area contributed by atoms with Crippen molar-refractivity contribution in [3.63, 3.8) is 0 Å². The third-order valence-electron chi connectivity index (χ3n) is 2.22. The number of esters is 2. The van der Waals surface area contributed by atoms with Crippen molar-refractivity contribution in [3.8, 4) is 0 Å². The summed E-state index contributed by atoms with van der Waals surface area (Å²) < 4.78 is 18.8. The van der Waals surface area contributed by atoms with Crippen LogP contribution in [0.15, 0.2) is 0 Å². The Bertz CT molecular complexity index is 279. The highest BCUT2D eigenvalue weighted by Gasteiger charge is 2.38. The maximum Gasteiger partial charge on any atom is 0.419 e. The number of nitrogens with two attached hydrogens (primary N) is 2. The molecule has 4 N–H and O–H groups in total. The van der Waals surface area contributed by atoms with Gasteiger partial charge < -0.3 is 30.4 Å². The second-order valence-electron chi connectivity index (χ2n) is 3.54. The van der Waals surface area contributed by atoms with E-state index in [2.05, 4.69) is 9.47 Å². The molecule has 0 bridgehead atoms. The van der Waals surface area contributed by atoms with Gasteiger partial charge in [0.05, 0.1) is 25.3 Å². The Hall–Kier alpha value is -1.22. The summed E-state index contributed by atoms with van der Waals surface area (Å²) in [5, 5.41) is 0. The van der Waals surface area contributed by atoms with Gasteiger partial charge in [0.1, 0.15) is 0 Å². The van der Waals surface area contributed by atoms with E-state index in [0.717, 1.165) is 0 Å². The lowest BCUT2D eigenvalue weighted by atomic mass is 10.2. The fraction of sp³-hybridized carbons (Fsp3) is 0.750. The molecule has 0 aromatic heterocycles. The molecule has 8 heteroatoms. The monoisotopic (exact) mass is 232 g/mol. The van der Waals surface area contributed by atoms with E-state index < -0.39 is 36.6 Å². The van der Waals surface area contributed by atoms with Crippen LogP contribution in [0.5, 0.6) is 0 Å². The van der Waals surface area contributed by atoms with Crippen molar-refractivity contribution in [1.82, 2.24) is 0 Å². The summed E-state index contributed by atoms with van der Waals surface area (Å²) in [7, 11) is 0. The molecule has 0 radical (unpaired) electrons. The molecule has 2 heterocycles. The number of hydrogen-bond acceptors (Lipinski definition) is 8. The van der Waals surface area contributed by atoms with Gasteiger partial charge in [-0.2, -0.15) is 0 Å². The van der Waals surface area contributed by atoms with Crippen LogP contribution >= 0.6 is 0 Å². The molecule has 0 aliphatic carbocycles. The summed E-state index contributed by atoms with van der Waals surface area (Å²) in [6.45, 7) is 0.590. The standard InChI is InChI=1S/C8H12N2O6/c9-3-1-13-7(3)15-5(11)6(12)16-8-4(10)2-14-8/h3-4,7-8H,1-2,9-10H2/t3-,4-,7-,8-/m1/s1. The van der Waals surface area contributed by atoms with E-state index in [-0.39, 0.29) is 0 Å². The van der Waals surface area contributed by atoms with Gasteiger partial charge in [0.15, 0.2) is 0 Å². The Morgan fingerprint density at radius 3 is 1.50 bits per heavy atom. The highest BCUT2D eigenvalue weighted by molar-refractivity contribution is 6.29. The minimum absolute atomic E-state index is 0.295. The van der Waals surface area contributed by atoms with Crippen molar-refractivity contribution in [3.05, 3.63) is 0 Å². The van der Waals surface area contributed by atoms with E-state index >= 15 is 0 Å². The van der Waals surface area contributed by atoms with Gasteiger partial charge in [-0.05, 0) is 0 Å². The fourth-order valence-corrected chi connectivity index (χ4v) is 1.12. The minimum Gasteiger partial charge on any atom is -0.426 e. The Kier molecular flexibility index (Phi) is 3.06. The molecular weight excluding hydrogens is 220 g/mol. The molecule has 2 fully saturated rings. The third-order valence-corrected chi connectivity index (χ3v) is 2.22. The van der Waals surface area contributed by atoms with Gasteiger partial charge in [-0.3, -0.25) is 0 Å². The molecule has 2 saturated heterocycles. The predicted molar refractivity (Wildman–Crippen MR) is 47.6 cm³/mol. The van der Waals surface area contributed by atoms with Crippen LogP contribution in [0.1, 0.15) is 0 Å². The zero-order chi connectivity index (χ0) is 11.7. The molecule has 2 aliphatic heterocycles. The summed E-state index contributed by atoms with van der Waals surface area (Å²) in [5.41, 5.74) is 10.9. The van der Waals surface area contributed by atoms with E-state index in [9.17, 15) is 9.59 Å². The fourth-order valence-electron chi connectivity index (χ4n) is 1.12. The molecule has 0 spiro atoms. The lowest BCUT2D eigenvalue weighted by molar-refractivity contribution is -0.245. The van der Waals surface area contributed by atoms with Gasteiger partial charge in [-0.15, -0.1) is 0 Å². The molecule has 2 aliphatic rings. The highest BCUT2D eigenvalue weighted by Crippen LogP contribution is 2.14.